The Bertz CT molecular complexity index is 422. The van der Waals surface area contributed by atoms with Crippen molar-refractivity contribution in [2.75, 3.05) is 44.8 Å². The summed E-state index contributed by atoms with van der Waals surface area (Å²) in [7, 11) is 1.69. The molecule has 0 bridgehead atoms. The fourth-order valence-corrected chi connectivity index (χ4v) is 2.11. The highest BCUT2D eigenvalue weighted by molar-refractivity contribution is 5.77. The minimum absolute atomic E-state index is 0.117. The standard InChI is InChI=1S/C14H22N4O2/c1-20-9-6-15-10-12-2-3-13(17-11-12)18-7-4-14(19)16-5-8-18/h2-3,11,15H,4-10H2,1H3,(H,16,19). The third kappa shape index (κ3) is 4.47. The number of nitrogens with one attached hydrogen (secondary N) is 2. The first-order chi connectivity index (χ1) is 9.79. The number of amides is 1. The average molecular weight is 278 g/mol. The fraction of sp³-hybridized carbons (Fsp3) is 0.571. The molecular weight excluding hydrogens is 256 g/mol. The van der Waals surface area contributed by atoms with Crippen molar-refractivity contribution in [3.8, 4) is 0 Å². The van der Waals surface area contributed by atoms with E-state index >= 15 is 0 Å². The normalized spacial score (nSPS) is 15.8. The fourth-order valence-electron chi connectivity index (χ4n) is 2.11. The Kier molecular flexibility index (Phi) is 5.76. The SMILES string of the molecule is COCCNCc1ccc(N2CCNC(=O)CC2)nc1. The molecule has 0 atom stereocenters. The summed E-state index contributed by atoms with van der Waals surface area (Å²) in [5.41, 5.74) is 1.15. The zero-order chi connectivity index (χ0) is 14.2. The van der Waals surface area contributed by atoms with E-state index in [1.807, 2.05) is 12.3 Å². The van der Waals surface area contributed by atoms with Gasteiger partial charge >= 0.3 is 0 Å². The minimum Gasteiger partial charge on any atom is -0.383 e. The third-order valence-corrected chi connectivity index (χ3v) is 3.26. The van der Waals surface area contributed by atoms with E-state index in [-0.39, 0.29) is 5.91 Å². The molecule has 0 radical (unpaired) electrons. The monoisotopic (exact) mass is 278 g/mol. The predicted octanol–water partition coefficient (Wildman–Crippen LogP) is 0.144. The molecule has 6 nitrogen and oxygen atoms in total. The van der Waals surface area contributed by atoms with E-state index in [1.54, 1.807) is 7.11 Å². The molecule has 2 rings (SSSR count). The highest BCUT2D eigenvalue weighted by Gasteiger charge is 2.14. The molecule has 0 unspecified atom stereocenters. The number of pyridine rings is 1. The number of aromatic nitrogens is 1. The number of ether oxygens (including phenoxy) is 1. The van der Waals surface area contributed by atoms with Gasteiger partial charge in [-0.15, -0.1) is 0 Å². The van der Waals surface area contributed by atoms with Crippen LogP contribution in [0.25, 0.3) is 0 Å². The molecule has 110 valence electrons. The molecule has 0 saturated carbocycles. The van der Waals surface area contributed by atoms with Crippen LogP contribution in [0.4, 0.5) is 5.82 Å². The smallest absolute Gasteiger partial charge is 0.221 e. The van der Waals surface area contributed by atoms with Crippen molar-refractivity contribution in [3.05, 3.63) is 23.9 Å². The predicted molar refractivity (Wildman–Crippen MR) is 77.7 cm³/mol. The van der Waals surface area contributed by atoms with Crippen LogP contribution < -0.4 is 15.5 Å². The van der Waals surface area contributed by atoms with Crippen LogP contribution in [-0.4, -0.2) is 50.8 Å². The lowest BCUT2D eigenvalue weighted by molar-refractivity contribution is -0.120. The summed E-state index contributed by atoms with van der Waals surface area (Å²) in [6.45, 7) is 4.55. The van der Waals surface area contributed by atoms with Crippen molar-refractivity contribution < 1.29 is 9.53 Å². The molecule has 1 aliphatic heterocycles. The van der Waals surface area contributed by atoms with E-state index in [9.17, 15) is 4.79 Å². The Morgan fingerprint density at radius 2 is 2.35 bits per heavy atom. The van der Waals surface area contributed by atoms with Crippen molar-refractivity contribution in [2.24, 2.45) is 0 Å². The molecule has 0 aliphatic carbocycles. The molecule has 1 amide bonds. The summed E-state index contributed by atoms with van der Waals surface area (Å²) in [5.74, 6) is 1.05. The second kappa shape index (κ2) is 7.81. The average Bonchev–Trinajstić information content (AvgIpc) is 2.69. The summed E-state index contributed by atoms with van der Waals surface area (Å²) in [4.78, 5) is 17.9. The van der Waals surface area contributed by atoms with Crippen LogP contribution in [0.1, 0.15) is 12.0 Å². The van der Waals surface area contributed by atoms with Gasteiger partial charge in [0.05, 0.1) is 6.61 Å². The van der Waals surface area contributed by atoms with Gasteiger partial charge in [0.15, 0.2) is 0 Å². The molecule has 1 saturated heterocycles. The first-order valence-corrected chi connectivity index (χ1v) is 6.96. The summed E-state index contributed by atoms with van der Waals surface area (Å²) in [6, 6.07) is 4.09. The van der Waals surface area contributed by atoms with Gasteiger partial charge in [0, 0.05) is 52.5 Å². The second-order valence-corrected chi connectivity index (χ2v) is 4.78. The van der Waals surface area contributed by atoms with Gasteiger partial charge in [0.2, 0.25) is 5.91 Å². The largest absolute Gasteiger partial charge is 0.383 e. The highest BCUT2D eigenvalue weighted by atomic mass is 16.5. The number of nitrogens with zero attached hydrogens (tertiary/aromatic N) is 2. The maximum atomic E-state index is 11.3. The van der Waals surface area contributed by atoms with Gasteiger partial charge in [-0.2, -0.15) is 0 Å². The quantitative estimate of drug-likeness (QED) is 0.725. The van der Waals surface area contributed by atoms with Crippen molar-refractivity contribution in [1.82, 2.24) is 15.6 Å². The van der Waals surface area contributed by atoms with Gasteiger partial charge in [-0.05, 0) is 11.6 Å². The highest BCUT2D eigenvalue weighted by Crippen LogP contribution is 2.12. The lowest BCUT2D eigenvalue weighted by atomic mass is 10.2. The van der Waals surface area contributed by atoms with Crippen LogP contribution in [0.5, 0.6) is 0 Å². The Morgan fingerprint density at radius 1 is 1.45 bits per heavy atom. The van der Waals surface area contributed by atoms with Crippen molar-refractivity contribution in [3.63, 3.8) is 0 Å². The van der Waals surface area contributed by atoms with Crippen molar-refractivity contribution in [1.29, 1.82) is 0 Å². The summed E-state index contributed by atoms with van der Waals surface area (Å²) in [6.07, 6.45) is 2.41. The van der Waals surface area contributed by atoms with Crippen molar-refractivity contribution in [2.45, 2.75) is 13.0 Å². The Balaban J connectivity index is 1.85. The van der Waals surface area contributed by atoms with Crippen LogP contribution in [0.15, 0.2) is 18.3 Å². The lowest BCUT2D eigenvalue weighted by Crippen LogP contribution is -2.29. The van der Waals surface area contributed by atoms with Crippen LogP contribution in [0.3, 0.4) is 0 Å². The van der Waals surface area contributed by atoms with Crippen LogP contribution in [-0.2, 0) is 16.1 Å². The molecule has 1 aromatic heterocycles. The van der Waals surface area contributed by atoms with Gasteiger partial charge in [-0.1, -0.05) is 6.07 Å². The molecule has 0 aromatic carbocycles. The summed E-state index contributed by atoms with van der Waals surface area (Å²) in [5, 5.41) is 6.15. The molecule has 6 heteroatoms. The Morgan fingerprint density at radius 3 is 3.10 bits per heavy atom. The van der Waals surface area contributed by atoms with E-state index in [1.165, 1.54) is 0 Å². The molecule has 1 aliphatic rings. The van der Waals surface area contributed by atoms with Gasteiger partial charge < -0.3 is 20.3 Å². The zero-order valence-corrected chi connectivity index (χ0v) is 11.9. The Hall–Kier alpha value is -1.66. The maximum Gasteiger partial charge on any atom is 0.221 e. The number of methoxy groups -OCH3 is 1. The molecule has 2 N–H and O–H groups in total. The summed E-state index contributed by atoms with van der Waals surface area (Å²) >= 11 is 0. The molecule has 1 fully saturated rings. The van der Waals surface area contributed by atoms with Crippen LogP contribution in [0.2, 0.25) is 0 Å². The van der Waals surface area contributed by atoms with E-state index in [2.05, 4.69) is 26.6 Å². The molecule has 1 aromatic rings. The van der Waals surface area contributed by atoms with E-state index < -0.39 is 0 Å². The zero-order valence-electron chi connectivity index (χ0n) is 11.9. The summed E-state index contributed by atoms with van der Waals surface area (Å²) < 4.78 is 4.98. The van der Waals surface area contributed by atoms with Crippen LogP contribution >= 0.6 is 0 Å². The Labute approximate surface area is 119 Å². The van der Waals surface area contributed by atoms with Gasteiger partial charge in [-0.3, -0.25) is 4.79 Å². The number of carbonyl (C=O) groups excluding carboxylic acids is 1. The first-order valence-electron chi connectivity index (χ1n) is 6.96. The second-order valence-electron chi connectivity index (χ2n) is 4.78. The van der Waals surface area contributed by atoms with Crippen LogP contribution in [0, 0.1) is 0 Å². The number of hydrogen-bond donors (Lipinski definition) is 2. The first kappa shape index (κ1) is 14.7. The number of rotatable bonds is 6. The van der Waals surface area contributed by atoms with Gasteiger partial charge in [-0.25, -0.2) is 4.98 Å². The lowest BCUT2D eigenvalue weighted by Gasteiger charge is -2.20. The van der Waals surface area contributed by atoms with E-state index in [4.69, 9.17) is 4.74 Å². The number of hydrogen-bond acceptors (Lipinski definition) is 5. The van der Waals surface area contributed by atoms with Gasteiger partial charge in [0.25, 0.3) is 0 Å². The van der Waals surface area contributed by atoms with Gasteiger partial charge in [0.1, 0.15) is 5.82 Å². The number of anilines is 1. The topological polar surface area (TPSA) is 66.5 Å². The minimum atomic E-state index is 0.117. The molecular formula is C14H22N4O2. The molecule has 2 heterocycles. The van der Waals surface area contributed by atoms with E-state index in [0.717, 1.165) is 37.6 Å². The maximum absolute atomic E-state index is 11.3. The molecule has 20 heavy (non-hydrogen) atoms. The van der Waals surface area contributed by atoms with Crippen molar-refractivity contribution >= 4 is 11.7 Å². The van der Waals surface area contributed by atoms with E-state index in [0.29, 0.717) is 19.6 Å². The third-order valence-electron chi connectivity index (χ3n) is 3.26. The molecule has 0 spiro atoms. The number of carbonyl (C=O) groups is 1.